The quantitative estimate of drug-likeness (QED) is 0.428. The van der Waals surface area contributed by atoms with Crippen molar-refractivity contribution in [1.82, 2.24) is 15.5 Å². The van der Waals surface area contributed by atoms with Crippen molar-refractivity contribution < 1.29 is 19.5 Å². The van der Waals surface area contributed by atoms with Gasteiger partial charge in [-0.25, -0.2) is 9.59 Å². The lowest BCUT2D eigenvalue weighted by Crippen LogP contribution is -2.61. The van der Waals surface area contributed by atoms with E-state index >= 15 is 0 Å². The molecule has 0 bridgehead atoms. The standard InChI is InChI=1S/C8H14N4O4/c9-1-2-10-8(16)12-4-6(13)11-3-5(12)7(14)15/h5H,1-4,9H2,(H,10,16)(H,11,13)(H,14,15). The summed E-state index contributed by atoms with van der Waals surface area (Å²) < 4.78 is 0. The SMILES string of the molecule is NCCNC(=O)N1CC(=O)NCC1C(=O)O. The van der Waals surface area contributed by atoms with Gasteiger partial charge in [0.2, 0.25) is 5.91 Å². The molecule has 90 valence electrons. The van der Waals surface area contributed by atoms with Gasteiger partial charge < -0.3 is 21.5 Å². The molecule has 1 rings (SSSR count). The fourth-order valence-electron chi connectivity index (χ4n) is 1.36. The fraction of sp³-hybridized carbons (Fsp3) is 0.625. The average Bonchev–Trinajstić information content (AvgIpc) is 2.25. The number of hydrogen-bond donors (Lipinski definition) is 4. The van der Waals surface area contributed by atoms with Crippen LogP contribution in [0.3, 0.4) is 0 Å². The Morgan fingerprint density at radius 2 is 2.31 bits per heavy atom. The summed E-state index contributed by atoms with van der Waals surface area (Å²) in [7, 11) is 0. The minimum Gasteiger partial charge on any atom is -0.480 e. The Kier molecular flexibility index (Phi) is 4.06. The molecule has 1 heterocycles. The maximum atomic E-state index is 11.5. The van der Waals surface area contributed by atoms with Crippen LogP contribution in [0.1, 0.15) is 0 Å². The fourth-order valence-corrected chi connectivity index (χ4v) is 1.36. The number of carboxylic acids is 1. The monoisotopic (exact) mass is 230 g/mol. The third-order valence-corrected chi connectivity index (χ3v) is 2.15. The molecule has 0 saturated carbocycles. The molecule has 8 heteroatoms. The summed E-state index contributed by atoms with van der Waals surface area (Å²) >= 11 is 0. The molecule has 3 amide bonds. The lowest BCUT2D eigenvalue weighted by atomic mass is 10.2. The van der Waals surface area contributed by atoms with Crippen LogP contribution in [0.2, 0.25) is 0 Å². The molecule has 8 nitrogen and oxygen atoms in total. The first-order chi connectivity index (χ1) is 7.56. The Labute approximate surface area is 91.8 Å². The first kappa shape index (κ1) is 12.2. The van der Waals surface area contributed by atoms with E-state index in [1.165, 1.54) is 0 Å². The number of nitrogens with one attached hydrogen (secondary N) is 2. The molecule has 0 aliphatic carbocycles. The number of hydrogen-bond acceptors (Lipinski definition) is 4. The van der Waals surface area contributed by atoms with E-state index in [9.17, 15) is 14.4 Å². The van der Waals surface area contributed by atoms with Crippen LogP contribution in [0.15, 0.2) is 0 Å². The smallest absolute Gasteiger partial charge is 0.328 e. The maximum Gasteiger partial charge on any atom is 0.328 e. The third kappa shape index (κ3) is 2.83. The molecule has 0 aromatic heterocycles. The second-order valence-electron chi connectivity index (χ2n) is 3.31. The van der Waals surface area contributed by atoms with E-state index in [2.05, 4.69) is 10.6 Å². The number of amides is 3. The lowest BCUT2D eigenvalue weighted by molar-refractivity contribution is -0.144. The van der Waals surface area contributed by atoms with Crippen molar-refractivity contribution in [3.63, 3.8) is 0 Å². The molecule has 1 aliphatic rings. The molecule has 5 N–H and O–H groups in total. The highest BCUT2D eigenvalue weighted by Crippen LogP contribution is 2.04. The Morgan fingerprint density at radius 3 is 2.88 bits per heavy atom. The third-order valence-electron chi connectivity index (χ3n) is 2.15. The summed E-state index contributed by atoms with van der Waals surface area (Å²) in [6.07, 6.45) is 0. The van der Waals surface area contributed by atoms with E-state index in [-0.39, 0.29) is 32.1 Å². The van der Waals surface area contributed by atoms with Crippen LogP contribution in [-0.4, -0.2) is 60.1 Å². The van der Waals surface area contributed by atoms with Crippen LogP contribution in [0.25, 0.3) is 0 Å². The van der Waals surface area contributed by atoms with Gasteiger partial charge in [0.1, 0.15) is 12.6 Å². The number of aliphatic carboxylic acids is 1. The van der Waals surface area contributed by atoms with Crippen LogP contribution in [-0.2, 0) is 9.59 Å². The Morgan fingerprint density at radius 1 is 1.62 bits per heavy atom. The minimum absolute atomic E-state index is 0.0792. The van der Waals surface area contributed by atoms with Gasteiger partial charge in [-0.3, -0.25) is 9.69 Å². The highest BCUT2D eigenvalue weighted by Gasteiger charge is 2.34. The topological polar surface area (TPSA) is 125 Å². The van der Waals surface area contributed by atoms with E-state index in [0.29, 0.717) is 0 Å². The van der Waals surface area contributed by atoms with Gasteiger partial charge in [0.25, 0.3) is 0 Å². The highest BCUT2D eigenvalue weighted by molar-refractivity contribution is 5.90. The van der Waals surface area contributed by atoms with Gasteiger partial charge in [-0.15, -0.1) is 0 Å². The number of piperazine rings is 1. The van der Waals surface area contributed by atoms with Crippen molar-refractivity contribution in [3.05, 3.63) is 0 Å². The van der Waals surface area contributed by atoms with E-state index in [4.69, 9.17) is 10.8 Å². The number of carbonyl (C=O) groups excluding carboxylic acids is 2. The van der Waals surface area contributed by atoms with Gasteiger partial charge in [-0.05, 0) is 0 Å². The molecule has 0 spiro atoms. The molecular weight excluding hydrogens is 216 g/mol. The number of urea groups is 1. The largest absolute Gasteiger partial charge is 0.480 e. The second-order valence-corrected chi connectivity index (χ2v) is 3.31. The first-order valence-electron chi connectivity index (χ1n) is 4.80. The molecule has 16 heavy (non-hydrogen) atoms. The van der Waals surface area contributed by atoms with Crippen molar-refractivity contribution in [2.24, 2.45) is 5.73 Å². The van der Waals surface area contributed by atoms with Crippen LogP contribution in [0.5, 0.6) is 0 Å². The summed E-state index contributed by atoms with van der Waals surface area (Å²) in [6, 6.07) is -1.62. The van der Waals surface area contributed by atoms with Crippen LogP contribution < -0.4 is 16.4 Å². The van der Waals surface area contributed by atoms with Crippen molar-refractivity contribution in [2.45, 2.75) is 6.04 Å². The van der Waals surface area contributed by atoms with Gasteiger partial charge in [0, 0.05) is 19.6 Å². The van der Waals surface area contributed by atoms with Crippen LogP contribution in [0, 0.1) is 0 Å². The highest BCUT2D eigenvalue weighted by atomic mass is 16.4. The first-order valence-corrected chi connectivity index (χ1v) is 4.80. The molecule has 1 aliphatic heterocycles. The zero-order valence-corrected chi connectivity index (χ0v) is 8.60. The average molecular weight is 230 g/mol. The summed E-state index contributed by atoms with van der Waals surface area (Å²) in [6.45, 7) is 0.157. The molecule has 0 aromatic carbocycles. The summed E-state index contributed by atoms with van der Waals surface area (Å²) in [5, 5.41) is 13.7. The van der Waals surface area contributed by atoms with E-state index in [1.807, 2.05) is 0 Å². The van der Waals surface area contributed by atoms with Crippen LogP contribution in [0.4, 0.5) is 4.79 Å². The molecule has 0 aromatic rings. The molecule has 1 fully saturated rings. The Bertz CT molecular complexity index is 306. The maximum absolute atomic E-state index is 11.5. The molecular formula is C8H14N4O4. The van der Waals surface area contributed by atoms with Crippen molar-refractivity contribution >= 4 is 17.9 Å². The molecule has 0 radical (unpaired) electrons. The molecule has 1 saturated heterocycles. The summed E-state index contributed by atoms with van der Waals surface area (Å²) in [5.41, 5.74) is 5.20. The normalized spacial score (nSPS) is 20.2. The lowest BCUT2D eigenvalue weighted by Gasteiger charge is -2.32. The summed E-state index contributed by atoms with van der Waals surface area (Å²) in [5.74, 6) is -1.52. The predicted molar refractivity (Wildman–Crippen MR) is 53.6 cm³/mol. The number of nitrogens with two attached hydrogens (primary N) is 1. The molecule has 1 atom stereocenters. The minimum atomic E-state index is -1.15. The molecule has 1 unspecified atom stereocenters. The Hall–Kier alpha value is -1.83. The number of carboxylic acid groups (broad SMARTS) is 1. The van der Waals surface area contributed by atoms with Crippen molar-refractivity contribution in [2.75, 3.05) is 26.2 Å². The van der Waals surface area contributed by atoms with Crippen molar-refractivity contribution in [1.29, 1.82) is 0 Å². The van der Waals surface area contributed by atoms with Gasteiger partial charge in [-0.1, -0.05) is 0 Å². The van der Waals surface area contributed by atoms with E-state index < -0.39 is 18.0 Å². The van der Waals surface area contributed by atoms with Gasteiger partial charge in [-0.2, -0.15) is 0 Å². The second kappa shape index (κ2) is 5.31. The number of rotatable bonds is 3. The van der Waals surface area contributed by atoms with Crippen molar-refractivity contribution in [3.8, 4) is 0 Å². The zero-order chi connectivity index (χ0) is 12.1. The number of carbonyl (C=O) groups is 3. The van der Waals surface area contributed by atoms with Gasteiger partial charge >= 0.3 is 12.0 Å². The van der Waals surface area contributed by atoms with Gasteiger partial charge in [0.15, 0.2) is 0 Å². The summed E-state index contributed by atoms with van der Waals surface area (Å²) in [4.78, 5) is 34.4. The van der Waals surface area contributed by atoms with Crippen LogP contribution >= 0.6 is 0 Å². The van der Waals surface area contributed by atoms with E-state index in [0.717, 1.165) is 4.90 Å². The predicted octanol–water partition coefficient (Wildman–Crippen LogP) is -2.46. The zero-order valence-electron chi connectivity index (χ0n) is 8.60. The van der Waals surface area contributed by atoms with E-state index in [1.54, 1.807) is 0 Å². The number of nitrogens with zero attached hydrogens (tertiary/aromatic N) is 1. The van der Waals surface area contributed by atoms with Gasteiger partial charge in [0.05, 0.1) is 0 Å². The Balaban J connectivity index is 2.67.